The van der Waals surface area contributed by atoms with Gasteiger partial charge in [0.15, 0.2) is 23.1 Å². The molecule has 0 unspecified atom stereocenters. The number of nitrogen functional groups attached to an aromatic ring is 1. The van der Waals surface area contributed by atoms with E-state index in [1.807, 2.05) is 34.7 Å². The number of halogens is 1. The summed E-state index contributed by atoms with van der Waals surface area (Å²) < 4.78 is 16.9. The Morgan fingerprint density at radius 1 is 1.12 bits per heavy atom. The fraction of sp³-hybridized carbons (Fsp3) is 0.281. The van der Waals surface area contributed by atoms with Gasteiger partial charge in [0, 0.05) is 31.0 Å². The van der Waals surface area contributed by atoms with Crippen molar-refractivity contribution >= 4 is 22.9 Å². The summed E-state index contributed by atoms with van der Waals surface area (Å²) in [7, 11) is 1.97. The van der Waals surface area contributed by atoms with Gasteiger partial charge in [-0.1, -0.05) is 12.6 Å². The van der Waals surface area contributed by atoms with Crippen LogP contribution in [0.2, 0.25) is 0 Å². The van der Waals surface area contributed by atoms with Crippen LogP contribution in [0.25, 0.3) is 34.1 Å². The number of imidazole rings is 1. The highest BCUT2D eigenvalue weighted by Crippen LogP contribution is 2.32. The normalized spacial score (nSPS) is 14.8. The first-order valence-electron chi connectivity index (χ1n) is 14.5. The van der Waals surface area contributed by atoms with Crippen LogP contribution in [0.15, 0.2) is 73.7 Å². The molecule has 0 bridgehead atoms. The van der Waals surface area contributed by atoms with Gasteiger partial charge in [0.2, 0.25) is 5.91 Å². The predicted octanol–water partition coefficient (Wildman–Crippen LogP) is 4.26. The van der Waals surface area contributed by atoms with E-state index in [9.17, 15) is 9.18 Å². The number of fused-ring (bicyclic) bond motifs is 2. The molecule has 1 aromatic carbocycles. The van der Waals surface area contributed by atoms with E-state index in [2.05, 4.69) is 40.2 Å². The van der Waals surface area contributed by atoms with E-state index in [0.717, 1.165) is 56.2 Å². The predicted molar refractivity (Wildman–Crippen MR) is 164 cm³/mol. The quantitative estimate of drug-likeness (QED) is 0.299. The molecule has 5 aromatic rings. The Kier molecular flexibility index (Phi) is 7.97. The summed E-state index contributed by atoms with van der Waals surface area (Å²) in [6.45, 7) is 5.18. The van der Waals surface area contributed by atoms with Crippen molar-refractivity contribution in [1.29, 1.82) is 0 Å². The minimum absolute atomic E-state index is 0.0598. The maximum Gasteiger partial charge on any atom is 0.245 e. The number of aryl methyl sites for hydroxylation is 2. The van der Waals surface area contributed by atoms with Crippen LogP contribution in [-0.2, 0) is 17.6 Å². The smallest absolute Gasteiger partial charge is 0.245 e. The molecule has 0 radical (unpaired) electrons. The van der Waals surface area contributed by atoms with Gasteiger partial charge in [-0.15, -0.1) is 0 Å². The van der Waals surface area contributed by atoms with Gasteiger partial charge in [0.1, 0.15) is 11.3 Å². The number of carbonyl (C=O) groups excluding carboxylic acids is 1. The third kappa shape index (κ3) is 5.76. The summed E-state index contributed by atoms with van der Waals surface area (Å²) >= 11 is 0. The Morgan fingerprint density at radius 3 is 2.65 bits per heavy atom. The van der Waals surface area contributed by atoms with Crippen LogP contribution in [0.4, 0.5) is 10.2 Å². The Labute approximate surface area is 249 Å². The van der Waals surface area contributed by atoms with Crippen LogP contribution in [-0.4, -0.2) is 66.3 Å². The van der Waals surface area contributed by atoms with Crippen LogP contribution in [0, 0.1) is 5.82 Å². The Hall–Kier alpha value is -4.90. The lowest BCUT2D eigenvalue weighted by molar-refractivity contribution is -0.127. The SMILES string of the molecule is C=CC(=O)N1CCC(NC)CC1.Nc1ncccc1-c1nc2ccc(-n3cc(F)cn3)nc2n1-c1ccc2c(c1)CCC2. The van der Waals surface area contributed by atoms with Gasteiger partial charge in [-0.05, 0) is 92.8 Å². The van der Waals surface area contributed by atoms with Crippen molar-refractivity contribution in [3.63, 3.8) is 0 Å². The highest BCUT2D eigenvalue weighted by molar-refractivity contribution is 5.87. The van der Waals surface area contributed by atoms with Crippen molar-refractivity contribution in [3.8, 4) is 22.9 Å². The van der Waals surface area contributed by atoms with Gasteiger partial charge < -0.3 is 16.0 Å². The minimum atomic E-state index is -0.419. The van der Waals surface area contributed by atoms with Crippen LogP contribution in [0.5, 0.6) is 0 Å². The van der Waals surface area contributed by atoms with Gasteiger partial charge in [-0.2, -0.15) is 5.10 Å². The molecule has 1 saturated heterocycles. The molecule has 0 atom stereocenters. The van der Waals surface area contributed by atoms with E-state index in [4.69, 9.17) is 15.7 Å². The van der Waals surface area contributed by atoms with E-state index >= 15 is 0 Å². The lowest BCUT2D eigenvalue weighted by Gasteiger charge is -2.30. The second kappa shape index (κ2) is 12.1. The van der Waals surface area contributed by atoms with Crippen LogP contribution in [0.1, 0.15) is 30.4 Å². The minimum Gasteiger partial charge on any atom is -0.383 e. The molecule has 1 aliphatic heterocycles. The second-order valence-corrected chi connectivity index (χ2v) is 10.7. The van der Waals surface area contributed by atoms with Crippen molar-refractivity contribution in [3.05, 3.63) is 90.7 Å². The molecule has 1 amide bonds. The molecule has 1 aliphatic carbocycles. The standard InChI is InChI=1S/C23H18FN7.C9H16N2O/c24-16-12-27-30(13-16)20-9-8-19-23(29-20)31(17-7-6-14-3-1-4-15(14)11-17)22(28-19)18-5-2-10-26-21(18)25;1-3-9(12)11-6-4-8(10-2)5-7-11/h2,5-13H,1,3-4H2,(H2,25,26);3,8,10H,1,4-7H2,2H3. The van der Waals surface area contributed by atoms with Crippen LogP contribution < -0.4 is 11.1 Å². The highest BCUT2D eigenvalue weighted by Gasteiger charge is 2.21. The van der Waals surface area contributed by atoms with Crippen molar-refractivity contribution < 1.29 is 9.18 Å². The number of amides is 1. The number of carbonyl (C=O) groups is 1. The fourth-order valence-corrected chi connectivity index (χ4v) is 5.75. The first-order chi connectivity index (χ1) is 20.9. The number of piperidine rings is 1. The molecule has 0 spiro atoms. The van der Waals surface area contributed by atoms with Crippen molar-refractivity contribution in [2.75, 3.05) is 25.9 Å². The maximum absolute atomic E-state index is 13.5. The molecule has 5 heterocycles. The van der Waals surface area contributed by atoms with E-state index in [1.54, 1.807) is 12.3 Å². The molecule has 4 aromatic heterocycles. The monoisotopic (exact) mass is 579 g/mol. The first-order valence-corrected chi connectivity index (χ1v) is 14.5. The fourth-order valence-electron chi connectivity index (χ4n) is 5.75. The van der Waals surface area contributed by atoms with Gasteiger partial charge >= 0.3 is 0 Å². The molecule has 10 nitrogen and oxygen atoms in total. The molecule has 220 valence electrons. The molecule has 11 heteroatoms. The molecule has 0 saturated carbocycles. The average Bonchev–Trinajstić information content (AvgIpc) is 3.79. The second-order valence-electron chi connectivity index (χ2n) is 10.7. The summed E-state index contributed by atoms with van der Waals surface area (Å²) in [5, 5.41) is 7.26. The number of nitrogens with two attached hydrogens (primary N) is 1. The lowest BCUT2D eigenvalue weighted by Crippen LogP contribution is -2.43. The summed E-state index contributed by atoms with van der Waals surface area (Å²) in [6.07, 6.45) is 10.9. The van der Waals surface area contributed by atoms with E-state index in [1.165, 1.54) is 34.5 Å². The van der Waals surface area contributed by atoms with Gasteiger partial charge in [-0.25, -0.2) is 24.0 Å². The Morgan fingerprint density at radius 2 is 1.93 bits per heavy atom. The van der Waals surface area contributed by atoms with Gasteiger partial charge in [0.05, 0.1) is 18.0 Å². The number of nitrogens with one attached hydrogen (secondary N) is 1. The maximum atomic E-state index is 13.5. The van der Waals surface area contributed by atoms with Gasteiger partial charge in [-0.3, -0.25) is 9.36 Å². The summed E-state index contributed by atoms with van der Waals surface area (Å²) in [5.41, 5.74) is 12.0. The molecule has 1 fully saturated rings. The lowest BCUT2D eigenvalue weighted by atomic mass is 10.1. The number of hydrogen-bond acceptors (Lipinski definition) is 7. The third-order valence-electron chi connectivity index (χ3n) is 8.08. The number of benzene rings is 1. The number of pyridine rings is 2. The van der Waals surface area contributed by atoms with E-state index < -0.39 is 5.82 Å². The highest BCUT2D eigenvalue weighted by atomic mass is 19.1. The third-order valence-corrected chi connectivity index (χ3v) is 8.08. The Balaban J connectivity index is 0.000000232. The zero-order chi connectivity index (χ0) is 29.9. The molecular weight excluding hydrogens is 545 g/mol. The first kappa shape index (κ1) is 28.2. The van der Waals surface area contributed by atoms with E-state index in [-0.39, 0.29) is 5.91 Å². The summed E-state index contributed by atoms with van der Waals surface area (Å²) in [5.74, 6) is 1.20. The van der Waals surface area contributed by atoms with Crippen molar-refractivity contribution in [1.82, 2.24) is 39.5 Å². The number of anilines is 1. The number of hydrogen-bond donors (Lipinski definition) is 2. The number of rotatable bonds is 5. The van der Waals surface area contributed by atoms with Crippen molar-refractivity contribution in [2.45, 2.75) is 38.1 Å². The average molecular weight is 580 g/mol. The Bertz CT molecular complexity index is 1790. The number of nitrogens with zero attached hydrogens (tertiary/aromatic N) is 7. The molecular formula is C32H34FN9O. The van der Waals surface area contributed by atoms with Crippen LogP contribution >= 0.6 is 0 Å². The van der Waals surface area contributed by atoms with Crippen molar-refractivity contribution in [2.24, 2.45) is 0 Å². The summed E-state index contributed by atoms with van der Waals surface area (Å²) in [4.78, 5) is 26.8. The molecule has 7 rings (SSSR count). The summed E-state index contributed by atoms with van der Waals surface area (Å²) in [6, 6.07) is 14.4. The zero-order valence-electron chi connectivity index (χ0n) is 24.1. The van der Waals surface area contributed by atoms with Gasteiger partial charge in [0.25, 0.3) is 0 Å². The number of likely N-dealkylation sites (tertiary alicyclic amines) is 1. The molecule has 43 heavy (non-hydrogen) atoms. The molecule has 3 N–H and O–H groups in total. The zero-order valence-corrected chi connectivity index (χ0v) is 24.1. The topological polar surface area (TPSA) is 120 Å². The molecule has 2 aliphatic rings. The largest absolute Gasteiger partial charge is 0.383 e. The number of aromatic nitrogens is 6. The van der Waals surface area contributed by atoms with Crippen LogP contribution in [0.3, 0.4) is 0 Å². The van der Waals surface area contributed by atoms with E-state index in [0.29, 0.717) is 34.7 Å².